The minimum atomic E-state index is -3.25. The average molecular weight is 664 g/mol. The second-order valence-corrected chi connectivity index (χ2v) is 14.9. The van der Waals surface area contributed by atoms with E-state index in [0.717, 1.165) is 67.0 Å². The van der Waals surface area contributed by atoms with Gasteiger partial charge in [-0.15, -0.1) is 0 Å². The highest BCUT2D eigenvalue weighted by atomic mass is 32.2. The van der Waals surface area contributed by atoms with Crippen LogP contribution < -0.4 is 15.4 Å². The van der Waals surface area contributed by atoms with Crippen LogP contribution >= 0.6 is 0 Å². The molecule has 3 aromatic carbocycles. The van der Waals surface area contributed by atoms with Crippen molar-refractivity contribution < 1.29 is 12.8 Å². The van der Waals surface area contributed by atoms with Gasteiger partial charge in [-0.05, 0) is 107 Å². The minimum absolute atomic E-state index is 0.459. The summed E-state index contributed by atoms with van der Waals surface area (Å²) >= 11 is 0. The number of sulfonamides is 1. The number of unbranched alkanes of at least 4 members (excludes halogenated alkanes) is 1. The third-order valence-corrected chi connectivity index (χ3v) is 9.56. The lowest BCUT2D eigenvalue weighted by atomic mass is 9.90. The molecule has 0 aliphatic heterocycles. The Bertz CT molecular complexity index is 2040. The van der Waals surface area contributed by atoms with Gasteiger partial charge in [0.15, 0.2) is 5.76 Å². The first-order valence-corrected chi connectivity index (χ1v) is 18.5. The van der Waals surface area contributed by atoms with Gasteiger partial charge in [0.2, 0.25) is 10.0 Å². The molecule has 9 heteroatoms. The molecule has 0 spiro atoms. The summed E-state index contributed by atoms with van der Waals surface area (Å²) in [7, 11) is -3.25. The van der Waals surface area contributed by atoms with E-state index in [-0.39, 0.29) is 0 Å². The van der Waals surface area contributed by atoms with Gasteiger partial charge in [0.25, 0.3) is 6.01 Å². The van der Waals surface area contributed by atoms with Crippen molar-refractivity contribution in [2.45, 2.75) is 58.4 Å². The molecular weight excluding hydrogens is 619 g/mol. The van der Waals surface area contributed by atoms with Crippen LogP contribution in [0, 0.1) is 13.8 Å². The Kier molecular flexibility index (Phi) is 10.0. The molecular formula is C39H45N5O3S. The van der Waals surface area contributed by atoms with Gasteiger partial charge in [-0.25, -0.2) is 18.1 Å². The molecule has 0 bridgehead atoms. The van der Waals surface area contributed by atoms with Crippen LogP contribution in [0.1, 0.15) is 49.3 Å². The summed E-state index contributed by atoms with van der Waals surface area (Å²) in [5.74, 6) is 0.724. The number of aryl methyl sites for hydroxylation is 2. The van der Waals surface area contributed by atoms with Gasteiger partial charge >= 0.3 is 0 Å². The predicted molar refractivity (Wildman–Crippen MR) is 197 cm³/mol. The van der Waals surface area contributed by atoms with E-state index in [2.05, 4.69) is 87.7 Å². The Morgan fingerprint density at radius 1 is 0.938 bits per heavy atom. The second kappa shape index (κ2) is 14.4. The summed E-state index contributed by atoms with van der Waals surface area (Å²) in [4.78, 5) is 8.19. The zero-order valence-electron chi connectivity index (χ0n) is 28.2. The third-order valence-electron chi connectivity index (χ3n) is 8.72. The molecule has 2 aromatic heterocycles. The van der Waals surface area contributed by atoms with Crippen LogP contribution in [0.4, 0.5) is 11.7 Å². The predicted octanol–water partition coefficient (Wildman–Crippen LogP) is 8.35. The highest BCUT2D eigenvalue weighted by Gasteiger charge is 2.25. The highest BCUT2D eigenvalue weighted by Crippen LogP contribution is 2.34. The first-order chi connectivity index (χ1) is 23.0. The van der Waals surface area contributed by atoms with Gasteiger partial charge in [0.1, 0.15) is 0 Å². The topological polar surface area (TPSA) is 112 Å². The van der Waals surface area contributed by atoms with Crippen LogP contribution in [-0.2, 0) is 16.4 Å². The second-order valence-electron chi connectivity index (χ2n) is 13.2. The van der Waals surface area contributed by atoms with E-state index in [1.54, 1.807) is 6.20 Å². The molecule has 4 N–H and O–H groups in total. The van der Waals surface area contributed by atoms with Crippen molar-refractivity contribution in [3.8, 4) is 22.6 Å². The van der Waals surface area contributed by atoms with Crippen molar-refractivity contribution in [3.63, 3.8) is 0 Å². The molecule has 8 nitrogen and oxygen atoms in total. The number of rotatable bonds is 14. The number of nitrogens with one attached hydrogen (secondary N) is 4. The zero-order chi connectivity index (χ0) is 33.7. The maximum Gasteiger partial charge on any atom is 0.299 e. The van der Waals surface area contributed by atoms with Crippen LogP contribution in [-0.4, -0.2) is 43.3 Å². The summed E-state index contributed by atoms with van der Waals surface area (Å²) < 4.78 is 32.1. The molecule has 1 aliphatic carbocycles. The van der Waals surface area contributed by atoms with Crippen LogP contribution in [0.15, 0.2) is 101 Å². The largest absolute Gasteiger partial charge is 0.423 e. The van der Waals surface area contributed by atoms with E-state index in [0.29, 0.717) is 12.4 Å². The zero-order valence-corrected chi connectivity index (χ0v) is 29.0. The van der Waals surface area contributed by atoms with Gasteiger partial charge in [0, 0.05) is 27.8 Å². The number of hydrogen-bond donors (Lipinski definition) is 4. The quantitative estimate of drug-likeness (QED) is 0.0889. The summed E-state index contributed by atoms with van der Waals surface area (Å²) in [6, 6.07) is 23.5. The van der Waals surface area contributed by atoms with Gasteiger partial charge in [-0.3, -0.25) is 0 Å². The van der Waals surface area contributed by atoms with Gasteiger partial charge in [-0.2, -0.15) is 0 Å². The van der Waals surface area contributed by atoms with Crippen LogP contribution in [0.2, 0.25) is 0 Å². The molecule has 1 unspecified atom stereocenters. The van der Waals surface area contributed by atoms with Gasteiger partial charge in [-0.1, -0.05) is 71.3 Å². The molecule has 0 saturated heterocycles. The Morgan fingerprint density at radius 2 is 1.73 bits per heavy atom. The number of H-pyrrole nitrogens is 1. The van der Waals surface area contributed by atoms with E-state index in [1.807, 2.05) is 43.3 Å². The molecule has 6 rings (SSSR count). The number of hydrogen-bond acceptors (Lipinski definition) is 6. The van der Waals surface area contributed by atoms with Gasteiger partial charge in [0.05, 0.1) is 18.0 Å². The lowest BCUT2D eigenvalue weighted by Gasteiger charge is -2.28. The maximum atomic E-state index is 11.7. The van der Waals surface area contributed by atoms with Crippen LogP contribution in [0.5, 0.6) is 0 Å². The maximum absolute atomic E-state index is 11.7. The van der Waals surface area contributed by atoms with Crippen LogP contribution in [0.3, 0.4) is 0 Å². The summed E-state index contributed by atoms with van der Waals surface area (Å²) in [5, 5.41) is 8.22. The Hall–Kier alpha value is -4.44. The third kappa shape index (κ3) is 8.52. The first kappa shape index (κ1) is 33.5. The molecule has 1 aliphatic rings. The van der Waals surface area contributed by atoms with Gasteiger partial charge < -0.3 is 20.0 Å². The fraction of sp³-hybridized carbons (Fsp3) is 0.308. The minimum Gasteiger partial charge on any atom is -0.423 e. The van der Waals surface area contributed by atoms with Crippen LogP contribution in [0.25, 0.3) is 33.5 Å². The van der Waals surface area contributed by atoms with E-state index < -0.39 is 15.6 Å². The molecule has 250 valence electrons. The number of anilines is 2. The van der Waals surface area contributed by atoms with Crippen molar-refractivity contribution in [3.05, 3.63) is 113 Å². The SMILES string of the molecule is Cc1cc(C)cc(-c2[nH]c3ccc(Nc4ncc(-c5ccccc5)o4)cc3c2CCNCCCCC2=CCC(C)(NS(C)(=O)=O)C=C2)c1. The van der Waals surface area contributed by atoms with Crippen molar-refractivity contribution in [1.29, 1.82) is 0 Å². The van der Waals surface area contributed by atoms with Crippen molar-refractivity contribution in [2.75, 3.05) is 24.7 Å². The lowest BCUT2D eigenvalue weighted by Crippen LogP contribution is -2.44. The number of nitrogens with zero attached hydrogens (tertiary/aromatic N) is 1. The molecule has 0 saturated carbocycles. The number of allylic oxidation sites excluding steroid dienone is 2. The van der Waals surface area contributed by atoms with E-state index in [1.165, 1.54) is 39.5 Å². The summed E-state index contributed by atoms with van der Waals surface area (Å²) in [5.41, 5.74) is 9.85. The molecule has 1 atom stereocenters. The number of aromatic amines is 1. The molecule has 5 aromatic rings. The fourth-order valence-electron chi connectivity index (χ4n) is 6.51. The monoisotopic (exact) mass is 663 g/mol. The normalized spacial score (nSPS) is 16.4. The van der Waals surface area contributed by atoms with Crippen molar-refractivity contribution in [1.82, 2.24) is 20.0 Å². The Labute approximate surface area is 283 Å². The number of fused-ring (bicyclic) bond motifs is 1. The number of oxazole rings is 1. The van der Waals surface area contributed by atoms with Crippen molar-refractivity contribution in [2.24, 2.45) is 0 Å². The molecule has 0 amide bonds. The highest BCUT2D eigenvalue weighted by molar-refractivity contribution is 7.88. The fourth-order valence-corrected chi connectivity index (χ4v) is 7.51. The Morgan fingerprint density at radius 3 is 2.46 bits per heavy atom. The summed E-state index contributed by atoms with van der Waals surface area (Å²) in [6.07, 6.45) is 13.8. The van der Waals surface area contributed by atoms with E-state index in [4.69, 9.17) is 4.42 Å². The smallest absolute Gasteiger partial charge is 0.299 e. The lowest BCUT2D eigenvalue weighted by molar-refractivity contribution is 0.500. The molecule has 0 fully saturated rings. The molecule has 0 radical (unpaired) electrons. The summed E-state index contributed by atoms with van der Waals surface area (Å²) in [6.45, 7) is 8.00. The Balaban J connectivity index is 1.10. The standard InChI is InChI=1S/C39H45N5O3S/c1-27-22-28(2)24-31(23-27)37-33(17-21-40-20-9-8-10-29-15-18-39(3,19-16-29)44-48(4,45)46)34-25-32(13-14-35(34)43-37)42-38-41-26-36(47-38)30-11-6-5-7-12-30/h5-7,11-16,18,22-26,40,43-44H,8-10,17,19-21H2,1-4H3,(H,41,42). The van der Waals surface area contributed by atoms with Crippen molar-refractivity contribution >= 4 is 32.6 Å². The van der Waals surface area contributed by atoms with E-state index in [9.17, 15) is 8.42 Å². The molecule has 2 heterocycles. The number of aromatic nitrogens is 2. The molecule has 48 heavy (non-hydrogen) atoms. The average Bonchev–Trinajstić information content (AvgIpc) is 3.65. The number of benzene rings is 3. The van der Waals surface area contributed by atoms with E-state index >= 15 is 0 Å². The first-order valence-electron chi connectivity index (χ1n) is 16.6.